The molecule has 3 aromatic heterocycles. The molecular formula is C52H38N4. The number of rotatable bonds is 5. The first-order chi connectivity index (χ1) is 27.4. The molecule has 0 aliphatic carbocycles. The Kier molecular flexibility index (Phi) is 7.73. The van der Waals surface area contributed by atoms with E-state index in [1.165, 1.54) is 66.1 Å². The van der Waals surface area contributed by atoms with Crippen molar-refractivity contribution < 1.29 is 0 Å². The van der Waals surface area contributed by atoms with Gasteiger partial charge in [-0.15, -0.1) is 0 Å². The van der Waals surface area contributed by atoms with E-state index in [4.69, 9.17) is 4.98 Å². The molecule has 0 bridgehead atoms. The van der Waals surface area contributed by atoms with Crippen molar-refractivity contribution in [1.82, 2.24) is 14.1 Å². The zero-order valence-corrected chi connectivity index (χ0v) is 31.8. The molecule has 0 spiro atoms. The van der Waals surface area contributed by atoms with Crippen LogP contribution in [0.1, 0.15) is 27.8 Å². The predicted octanol–water partition coefficient (Wildman–Crippen LogP) is 13.4. The maximum Gasteiger partial charge on any atom is 0.138 e. The highest BCUT2D eigenvalue weighted by molar-refractivity contribution is 6.12. The largest absolute Gasteiger partial charge is 0.307 e. The molecule has 0 saturated heterocycles. The average molecular weight is 719 g/mol. The van der Waals surface area contributed by atoms with Gasteiger partial charge in [0.2, 0.25) is 0 Å². The van der Waals surface area contributed by atoms with E-state index in [1.807, 2.05) is 18.3 Å². The van der Waals surface area contributed by atoms with Gasteiger partial charge in [0.15, 0.2) is 0 Å². The van der Waals surface area contributed by atoms with Gasteiger partial charge >= 0.3 is 0 Å². The van der Waals surface area contributed by atoms with Crippen molar-refractivity contribution in [1.29, 1.82) is 5.26 Å². The average Bonchev–Trinajstić information content (AvgIpc) is 3.73. The minimum Gasteiger partial charge on any atom is -0.307 e. The van der Waals surface area contributed by atoms with E-state index in [-0.39, 0.29) is 0 Å². The van der Waals surface area contributed by atoms with Gasteiger partial charge in [-0.25, -0.2) is 4.98 Å². The monoisotopic (exact) mass is 718 g/mol. The summed E-state index contributed by atoms with van der Waals surface area (Å²) in [5.74, 6) is 0.828. The molecule has 56 heavy (non-hydrogen) atoms. The van der Waals surface area contributed by atoms with E-state index in [2.05, 4.69) is 182 Å². The zero-order chi connectivity index (χ0) is 38.1. The van der Waals surface area contributed by atoms with Crippen molar-refractivity contribution in [2.45, 2.75) is 27.7 Å². The third-order valence-corrected chi connectivity index (χ3v) is 11.4. The van der Waals surface area contributed by atoms with Gasteiger partial charge in [-0.3, -0.25) is 4.57 Å². The highest BCUT2D eigenvalue weighted by Crippen LogP contribution is 2.41. The minimum atomic E-state index is 0.626. The molecule has 0 fully saturated rings. The van der Waals surface area contributed by atoms with Crippen molar-refractivity contribution in [2.24, 2.45) is 0 Å². The Balaban J connectivity index is 1.26. The van der Waals surface area contributed by atoms with E-state index in [9.17, 15) is 5.26 Å². The molecule has 10 aromatic rings. The van der Waals surface area contributed by atoms with Crippen molar-refractivity contribution in [3.8, 4) is 51.0 Å². The zero-order valence-electron chi connectivity index (χ0n) is 31.8. The van der Waals surface area contributed by atoms with Crippen LogP contribution in [-0.4, -0.2) is 14.1 Å². The Morgan fingerprint density at radius 2 is 0.946 bits per heavy atom. The third-order valence-electron chi connectivity index (χ3n) is 11.4. The van der Waals surface area contributed by atoms with Gasteiger partial charge < -0.3 is 4.57 Å². The molecule has 0 amide bonds. The van der Waals surface area contributed by atoms with Gasteiger partial charge in [-0.05, 0) is 109 Å². The van der Waals surface area contributed by atoms with Crippen LogP contribution >= 0.6 is 0 Å². The Morgan fingerprint density at radius 3 is 1.50 bits per heavy atom. The standard InChI is InChI=1S/C52H38N4/c1-32-13-21-40(34(3)25-32)38-19-23-44-42-9-5-7-11-47(42)55(49(44)27-38)51-31-54-52(29-46(51)37-17-15-36(30-53)16-18-37)56-48-12-8-6-10-43(48)45-24-20-39(28-50(45)56)41-22-14-33(2)26-35(41)4/h5-29,31H,1-4H3. The van der Waals surface area contributed by atoms with Crippen LogP contribution in [-0.2, 0) is 0 Å². The summed E-state index contributed by atoms with van der Waals surface area (Å²) in [7, 11) is 0. The predicted molar refractivity (Wildman–Crippen MR) is 233 cm³/mol. The van der Waals surface area contributed by atoms with Crippen molar-refractivity contribution in [2.75, 3.05) is 0 Å². The number of fused-ring (bicyclic) bond motifs is 6. The lowest BCUT2D eigenvalue weighted by Crippen LogP contribution is -2.03. The molecule has 0 N–H and O–H groups in total. The first-order valence-corrected chi connectivity index (χ1v) is 19.1. The lowest BCUT2D eigenvalue weighted by atomic mass is 9.97. The molecule has 0 unspecified atom stereocenters. The fourth-order valence-electron chi connectivity index (χ4n) is 8.75. The third kappa shape index (κ3) is 5.32. The lowest BCUT2D eigenvalue weighted by molar-refractivity contribution is 1.06. The van der Waals surface area contributed by atoms with Gasteiger partial charge in [0, 0.05) is 27.1 Å². The van der Waals surface area contributed by atoms with Gasteiger partial charge in [0.05, 0.1) is 45.6 Å². The Hall–Kier alpha value is -7.22. The van der Waals surface area contributed by atoms with E-state index in [1.54, 1.807) is 0 Å². The van der Waals surface area contributed by atoms with E-state index in [0.717, 1.165) is 44.7 Å². The van der Waals surface area contributed by atoms with E-state index >= 15 is 0 Å². The molecule has 4 nitrogen and oxygen atoms in total. The molecule has 0 saturated carbocycles. The van der Waals surface area contributed by atoms with Gasteiger partial charge in [0.1, 0.15) is 5.82 Å². The highest BCUT2D eigenvalue weighted by atomic mass is 15.1. The Morgan fingerprint density at radius 1 is 0.446 bits per heavy atom. The first kappa shape index (κ1) is 33.4. The summed E-state index contributed by atoms with van der Waals surface area (Å²) in [6.45, 7) is 8.66. The number of aromatic nitrogens is 3. The molecule has 7 aromatic carbocycles. The maximum absolute atomic E-state index is 9.73. The molecule has 0 aliphatic rings. The molecule has 0 radical (unpaired) electrons. The highest BCUT2D eigenvalue weighted by Gasteiger charge is 2.21. The van der Waals surface area contributed by atoms with Gasteiger partial charge in [-0.2, -0.15) is 5.26 Å². The van der Waals surface area contributed by atoms with Crippen LogP contribution in [0.3, 0.4) is 0 Å². The smallest absolute Gasteiger partial charge is 0.138 e. The Bertz CT molecular complexity index is 3240. The molecule has 0 atom stereocenters. The number of nitriles is 1. The molecule has 4 heteroatoms. The van der Waals surface area contributed by atoms with Gasteiger partial charge in [-0.1, -0.05) is 120 Å². The number of aryl methyl sites for hydroxylation is 4. The Labute approximate surface area is 326 Å². The number of hydrogen-bond donors (Lipinski definition) is 0. The van der Waals surface area contributed by atoms with Crippen molar-refractivity contribution in [3.63, 3.8) is 0 Å². The van der Waals surface area contributed by atoms with Crippen molar-refractivity contribution in [3.05, 3.63) is 186 Å². The molecule has 10 rings (SSSR count). The number of pyridine rings is 1. The number of benzene rings is 7. The van der Waals surface area contributed by atoms with Crippen LogP contribution in [0.4, 0.5) is 0 Å². The molecule has 0 aliphatic heterocycles. The topological polar surface area (TPSA) is 46.5 Å². The summed E-state index contributed by atoms with van der Waals surface area (Å²) in [5, 5.41) is 14.5. The first-order valence-electron chi connectivity index (χ1n) is 19.1. The van der Waals surface area contributed by atoms with Crippen LogP contribution in [0.15, 0.2) is 158 Å². The van der Waals surface area contributed by atoms with Crippen LogP contribution in [0.2, 0.25) is 0 Å². The van der Waals surface area contributed by atoms with E-state index < -0.39 is 0 Å². The minimum absolute atomic E-state index is 0.626. The van der Waals surface area contributed by atoms with Crippen LogP contribution in [0.5, 0.6) is 0 Å². The summed E-state index contributed by atoms with van der Waals surface area (Å²) in [4.78, 5) is 5.34. The second kappa shape index (κ2) is 13.0. The quantitative estimate of drug-likeness (QED) is 0.178. The van der Waals surface area contributed by atoms with Crippen molar-refractivity contribution >= 4 is 43.6 Å². The van der Waals surface area contributed by atoms with E-state index in [0.29, 0.717) is 5.56 Å². The van der Waals surface area contributed by atoms with Crippen LogP contribution in [0, 0.1) is 39.0 Å². The second-order valence-electron chi connectivity index (χ2n) is 15.1. The molecule has 266 valence electrons. The van der Waals surface area contributed by atoms with Crippen LogP contribution < -0.4 is 0 Å². The number of nitrogens with zero attached hydrogens (tertiary/aromatic N) is 4. The normalized spacial score (nSPS) is 11.6. The van der Waals surface area contributed by atoms with Crippen LogP contribution in [0.25, 0.3) is 88.5 Å². The summed E-state index contributed by atoms with van der Waals surface area (Å²) >= 11 is 0. The summed E-state index contributed by atoms with van der Waals surface area (Å²) in [6, 6.07) is 56.6. The number of hydrogen-bond acceptors (Lipinski definition) is 2. The summed E-state index contributed by atoms with van der Waals surface area (Å²) in [5.41, 5.74) is 17.9. The molecular weight excluding hydrogens is 681 g/mol. The maximum atomic E-state index is 9.73. The number of para-hydroxylation sites is 2. The summed E-state index contributed by atoms with van der Waals surface area (Å²) in [6.07, 6.45) is 2.03. The fourth-order valence-corrected chi connectivity index (χ4v) is 8.75. The fraction of sp³-hybridized carbons (Fsp3) is 0.0769. The molecule has 3 heterocycles. The second-order valence-corrected chi connectivity index (χ2v) is 15.1. The SMILES string of the molecule is Cc1ccc(-c2ccc3c4ccccc4n(-c4cc(-c5ccc(C#N)cc5)c(-n5c6ccccc6c6ccc(-c7ccc(C)cc7C)cc65)cn4)c3c2)c(C)c1. The van der Waals surface area contributed by atoms with Gasteiger partial charge in [0.25, 0.3) is 0 Å². The lowest BCUT2D eigenvalue weighted by Gasteiger charge is -2.17. The summed E-state index contributed by atoms with van der Waals surface area (Å²) < 4.78 is 4.67.